The molecule has 1 amide bonds. The van der Waals surface area contributed by atoms with Crippen LogP contribution in [0.4, 0.5) is 4.79 Å². The van der Waals surface area contributed by atoms with Gasteiger partial charge >= 0.3 is 12.1 Å². The fourth-order valence-corrected chi connectivity index (χ4v) is 4.74. The summed E-state index contributed by atoms with van der Waals surface area (Å²) in [4.78, 5) is 28.9. The van der Waals surface area contributed by atoms with E-state index in [1.165, 1.54) is 0 Å². The van der Waals surface area contributed by atoms with Crippen molar-refractivity contribution in [2.45, 2.75) is 66.2 Å². The third-order valence-corrected chi connectivity index (χ3v) is 6.69. The normalized spacial score (nSPS) is 12.3. The molecule has 0 saturated heterocycles. The molecule has 0 saturated carbocycles. The van der Waals surface area contributed by atoms with E-state index in [0.29, 0.717) is 31.7 Å². The van der Waals surface area contributed by atoms with Gasteiger partial charge in [-0.3, -0.25) is 4.90 Å². The summed E-state index contributed by atoms with van der Waals surface area (Å²) in [6, 6.07) is 21.3. The Kier molecular flexibility index (Phi) is 11.0. The van der Waals surface area contributed by atoms with Crippen molar-refractivity contribution >= 4 is 28.9 Å². The number of carboxylic acids is 1. The van der Waals surface area contributed by atoms with Crippen LogP contribution in [0.25, 0.3) is 16.8 Å². The Bertz CT molecular complexity index is 1330. The molecule has 0 heterocycles. The minimum Gasteiger partial charge on any atom is -0.489 e. The van der Waals surface area contributed by atoms with E-state index in [9.17, 15) is 14.7 Å². The lowest BCUT2D eigenvalue weighted by Crippen LogP contribution is -2.46. The summed E-state index contributed by atoms with van der Waals surface area (Å²) in [7, 11) is 0. The van der Waals surface area contributed by atoms with Gasteiger partial charge in [-0.1, -0.05) is 54.6 Å². The molecule has 0 aromatic heterocycles. The second-order valence-electron chi connectivity index (χ2n) is 11.8. The number of benzene rings is 3. The van der Waals surface area contributed by atoms with E-state index in [0.717, 1.165) is 27.7 Å². The Morgan fingerprint density at radius 3 is 2.12 bits per heavy atom. The molecule has 7 heteroatoms. The largest absolute Gasteiger partial charge is 0.489 e. The Hall–Kier alpha value is -3.84. The summed E-state index contributed by atoms with van der Waals surface area (Å²) < 4.78 is 12.1. The molecule has 3 aromatic carbocycles. The first kappa shape index (κ1) is 31.7. The highest BCUT2D eigenvalue weighted by Crippen LogP contribution is 2.26. The lowest BCUT2D eigenvalue weighted by molar-refractivity contribution is 0.0230. The monoisotopic (exact) mass is 560 g/mol. The molecule has 1 N–H and O–H groups in total. The highest BCUT2D eigenvalue weighted by molar-refractivity contribution is 5.88. The van der Waals surface area contributed by atoms with E-state index in [2.05, 4.69) is 32.6 Å². The van der Waals surface area contributed by atoms with Crippen molar-refractivity contribution in [3.05, 3.63) is 83.4 Å². The maximum absolute atomic E-state index is 13.4. The Morgan fingerprint density at radius 2 is 1.51 bits per heavy atom. The fraction of sp³-hybridized carbons (Fsp3) is 0.412. The fourth-order valence-electron chi connectivity index (χ4n) is 4.74. The van der Waals surface area contributed by atoms with Crippen LogP contribution >= 0.6 is 0 Å². The van der Waals surface area contributed by atoms with Crippen LogP contribution in [0, 0.1) is 0 Å². The number of nitrogens with zero attached hydrogens (tertiary/aromatic N) is 2. The van der Waals surface area contributed by atoms with E-state index in [1.807, 2.05) is 69.3 Å². The number of carboxylic acid groups (broad SMARTS) is 1. The van der Waals surface area contributed by atoms with Crippen LogP contribution in [-0.4, -0.2) is 70.9 Å². The van der Waals surface area contributed by atoms with Crippen LogP contribution < -0.4 is 4.74 Å². The van der Waals surface area contributed by atoms with Crippen LogP contribution in [-0.2, 0) is 4.74 Å². The summed E-state index contributed by atoms with van der Waals surface area (Å²) in [6.07, 6.45) is 1.57. The lowest BCUT2D eigenvalue weighted by atomic mass is 10.1. The zero-order chi connectivity index (χ0) is 30.2. The molecule has 0 radical (unpaired) electrons. The van der Waals surface area contributed by atoms with Gasteiger partial charge in [-0.15, -0.1) is 0 Å². The zero-order valence-electron chi connectivity index (χ0n) is 25.4. The minimum absolute atomic E-state index is 0.216. The topological polar surface area (TPSA) is 79.3 Å². The molecule has 0 fully saturated rings. The maximum atomic E-state index is 13.4. The van der Waals surface area contributed by atoms with Gasteiger partial charge in [-0.2, -0.15) is 0 Å². The molecule has 3 rings (SSSR count). The van der Waals surface area contributed by atoms with Gasteiger partial charge in [0.05, 0.1) is 5.56 Å². The standard InChI is InChI=1S/C34H44N2O5/c1-24(2)36(25(3)4)20-19-35(33(39)41-34(5,6)7)22-27(21-26-15-17-29(18-16-26)32(37)38)23-40-31-14-10-12-28-11-8-9-13-30(28)31/h8-18,21,24-25H,19-20,22-23H2,1-7H3,(H,37,38)/b27-21+. The minimum atomic E-state index is -0.976. The summed E-state index contributed by atoms with van der Waals surface area (Å²) in [5.41, 5.74) is 1.25. The molecule has 41 heavy (non-hydrogen) atoms. The smallest absolute Gasteiger partial charge is 0.410 e. The van der Waals surface area contributed by atoms with E-state index < -0.39 is 11.6 Å². The average Bonchev–Trinajstić information content (AvgIpc) is 2.90. The van der Waals surface area contributed by atoms with Gasteiger partial charge < -0.3 is 19.5 Å². The predicted molar refractivity (Wildman–Crippen MR) is 166 cm³/mol. The van der Waals surface area contributed by atoms with E-state index in [1.54, 1.807) is 29.2 Å². The molecule has 0 aliphatic rings. The first-order chi connectivity index (χ1) is 19.3. The van der Waals surface area contributed by atoms with E-state index in [-0.39, 0.29) is 18.3 Å². The van der Waals surface area contributed by atoms with Crippen LogP contribution in [0.1, 0.15) is 64.4 Å². The number of rotatable bonds is 12. The number of hydrogen-bond donors (Lipinski definition) is 1. The number of ether oxygens (including phenoxy) is 2. The van der Waals surface area contributed by atoms with Crippen LogP contribution in [0.2, 0.25) is 0 Å². The number of aromatic carboxylic acids is 1. The first-order valence-corrected chi connectivity index (χ1v) is 14.2. The van der Waals surface area contributed by atoms with Gasteiger partial charge in [0, 0.05) is 37.1 Å². The number of hydrogen-bond acceptors (Lipinski definition) is 5. The van der Waals surface area contributed by atoms with E-state index in [4.69, 9.17) is 9.47 Å². The molecule has 0 bridgehead atoms. The van der Waals surface area contributed by atoms with Crippen molar-refractivity contribution in [3.8, 4) is 5.75 Å². The number of carbonyl (C=O) groups excluding carboxylic acids is 1. The second-order valence-corrected chi connectivity index (χ2v) is 11.8. The molecule has 0 spiro atoms. The molecule has 0 aliphatic heterocycles. The number of fused-ring (bicyclic) bond motifs is 1. The van der Waals surface area contributed by atoms with Gasteiger partial charge in [0.15, 0.2) is 0 Å². The molecule has 3 aromatic rings. The van der Waals surface area contributed by atoms with Gasteiger partial charge in [0.2, 0.25) is 0 Å². The SMILES string of the molecule is CC(C)N(CCN(C/C(=C\c1ccc(C(=O)O)cc1)COc1cccc2ccccc12)C(=O)OC(C)(C)C)C(C)C. The second kappa shape index (κ2) is 14.2. The zero-order valence-corrected chi connectivity index (χ0v) is 25.4. The molecule has 0 unspecified atom stereocenters. The van der Waals surface area contributed by atoms with Gasteiger partial charge in [-0.25, -0.2) is 9.59 Å². The van der Waals surface area contributed by atoms with E-state index >= 15 is 0 Å². The quantitative estimate of drug-likeness (QED) is 0.249. The van der Waals surface area contributed by atoms with Crippen molar-refractivity contribution in [2.24, 2.45) is 0 Å². The molecule has 220 valence electrons. The highest BCUT2D eigenvalue weighted by atomic mass is 16.6. The van der Waals surface area contributed by atoms with Crippen molar-refractivity contribution in [3.63, 3.8) is 0 Å². The van der Waals surface area contributed by atoms with Crippen molar-refractivity contribution in [2.75, 3.05) is 26.2 Å². The summed E-state index contributed by atoms with van der Waals surface area (Å²) in [6.45, 7) is 15.9. The molecule has 0 aliphatic carbocycles. The van der Waals surface area contributed by atoms with Crippen LogP contribution in [0.5, 0.6) is 5.75 Å². The van der Waals surface area contributed by atoms with Crippen LogP contribution in [0.3, 0.4) is 0 Å². The highest BCUT2D eigenvalue weighted by Gasteiger charge is 2.25. The van der Waals surface area contributed by atoms with Gasteiger partial charge in [-0.05, 0) is 83.2 Å². The van der Waals surface area contributed by atoms with Crippen LogP contribution in [0.15, 0.2) is 72.3 Å². The van der Waals surface area contributed by atoms with Gasteiger partial charge in [0.1, 0.15) is 18.0 Å². The lowest BCUT2D eigenvalue weighted by Gasteiger charge is -2.34. The van der Waals surface area contributed by atoms with Crippen molar-refractivity contribution in [1.82, 2.24) is 9.80 Å². The molecular formula is C34H44N2O5. The molecule has 0 atom stereocenters. The number of amides is 1. The predicted octanol–water partition coefficient (Wildman–Crippen LogP) is 7.36. The first-order valence-electron chi connectivity index (χ1n) is 14.2. The Morgan fingerprint density at radius 1 is 0.878 bits per heavy atom. The van der Waals surface area contributed by atoms with Gasteiger partial charge in [0.25, 0.3) is 0 Å². The summed E-state index contributed by atoms with van der Waals surface area (Å²) >= 11 is 0. The van der Waals surface area contributed by atoms with Crippen molar-refractivity contribution in [1.29, 1.82) is 0 Å². The number of carbonyl (C=O) groups is 2. The third kappa shape index (κ3) is 9.64. The molecule has 7 nitrogen and oxygen atoms in total. The Labute approximate surface area is 244 Å². The molecular weight excluding hydrogens is 516 g/mol. The summed E-state index contributed by atoms with van der Waals surface area (Å²) in [5.74, 6) is -0.221. The summed E-state index contributed by atoms with van der Waals surface area (Å²) in [5, 5.41) is 11.4. The Balaban J connectivity index is 1.94. The van der Waals surface area contributed by atoms with Crippen molar-refractivity contribution < 1.29 is 24.2 Å². The third-order valence-electron chi connectivity index (χ3n) is 6.69. The average molecular weight is 561 g/mol. The maximum Gasteiger partial charge on any atom is 0.410 e.